The van der Waals surface area contributed by atoms with E-state index in [1.807, 2.05) is 0 Å². The van der Waals surface area contributed by atoms with Gasteiger partial charge in [0.1, 0.15) is 11.3 Å². The second-order valence-corrected chi connectivity index (χ2v) is 8.96. The zero-order valence-corrected chi connectivity index (χ0v) is 13.4. The van der Waals surface area contributed by atoms with E-state index in [0.29, 0.717) is 0 Å². The van der Waals surface area contributed by atoms with Gasteiger partial charge in [-0.15, -0.1) is 0 Å². The number of nitrogens with zero attached hydrogens (tertiary/aromatic N) is 1. The summed E-state index contributed by atoms with van der Waals surface area (Å²) in [5.41, 5.74) is -0.150. The summed E-state index contributed by atoms with van der Waals surface area (Å²) in [4.78, 5) is 10.9. The number of benzene rings is 1. The van der Waals surface area contributed by atoms with Crippen molar-refractivity contribution in [1.29, 1.82) is 0 Å². The van der Waals surface area contributed by atoms with Crippen molar-refractivity contribution in [3.05, 3.63) is 23.8 Å². The lowest BCUT2D eigenvalue weighted by molar-refractivity contribution is 0.0693. The highest BCUT2D eigenvalue weighted by atomic mass is 32.2. The molecule has 8 nitrogen and oxygen atoms in total. The number of carboxylic acids is 1. The van der Waals surface area contributed by atoms with Gasteiger partial charge in [0.2, 0.25) is 10.0 Å². The van der Waals surface area contributed by atoms with Crippen LogP contribution in [-0.2, 0) is 19.9 Å². The lowest BCUT2D eigenvalue weighted by Crippen LogP contribution is -2.43. The van der Waals surface area contributed by atoms with Gasteiger partial charge in [-0.3, -0.25) is 0 Å². The Bertz CT molecular complexity index is 785. The standard InChI is InChI=1S/C12H15NO7S2/c1-20-11-8-9(2-3-10(11)12(14)15)22(18,19)13-4-6-21(16,17)7-5-13/h2-3,8H,4-7H2,1H3,(H,14,15). The van der Waals surface area contributed by atoms with E-state index < -0.39 is 25.8 Å². The Morgan fingerprint density at radius 1 is 1.27 bits per heavy atom. The number of methoxy groups -OCH3 is 1. The molecule has 0 spiro atoms. The Hall–Kier alpha value is -1.65. The van der Waals surface area contributed by atoms with Crippen molar-refractivity contribution in [1.82, 2.24) is 4.31 Å². The van der Waals surface area contributed by atoms with Gasteiger partial charge in [0, 0.05) is 19.2 Å². The summed E-state index contributed by atoms with van der Waals surface area (Å²) in [6, 6.07) is 3.45. The smallest absolute Gasteiger partial charge is 0.339 e. The number of carboxylic acid groups (broad SMARTS) is 1. The Balaban J connectivity index is 2.36. The van der Waals surface area contributed by atoms with E-state index in [-0.39, 0.29) is 40.8 Å². The maximum Gasteiger partial charge on any atom is 0.339 e. The van der Waals surface area contributed by atoms with Crippen LogP contribution < -0.4 is 4.74 Å². The van der Waals surface area contributed by atoms with Crippen molar-refractivity contribution in [2.24, 2.45) is 0 Å². The minimum absolute atomic E-state index is 0.0711. The third-order valence-corrected chi connectivity index (χ3v) is 6.85. The van der Waals surface area contributed by atoms with Crippen LogP contribution in [0, 0.1) is 0 Å². The van der Waals surface area contributed by atoms with Gasteiger partial charge < -0.3 is 9.84 Å². The minimum Gasteiger partial charge on any atom is -0.496 e. The Kier molecular flexibility index (Phi) is 4.45. The van der Waals surface area contributed by atoms with Crippen LogP contribution in [0.3, 0.4) is 0 Å². The molecule has 0 saturated carbocycles. The molecule has 0 aliphatic carbocycles. The van der Waals surface area contributed by atoms with E-state index in [0.717, 1.165) is 16.4 Å². The van der Waals surface area contributed by atoms with Crippen molar-refractivity contribution in [3.63, 3.8) is 0 Å². The number of aromatic carboxylic acids is 1. The van der Waals surface area contributed by atoms with Crippen molar-refractivity contribution in [2.75, 3.05) is 31.7 Å². The maximum atomic E-state index is 12.5. The zero-order chi connectivity index (χ0) is 16.5. The number of rotatable bonds is 4. The summed E-state index contributed by atoms with van der Waals surface area (Å²) >= 11 is 0. The summed E-state index contributed by atoms with van der Waals surface area (Å²) in [6.45, 7) is -0.235. The fraction of sp³-hybridized carbons (Fsp3) is 0.417. The second-order valence-electron chi connectivity index (χ2n) is 4.72. The Labute approximate surface area is 128 Å². The number of hydrogen-bond donors (Lipinski definition) is 1. The van der Waals surface area contributed by atoms with E-state index in [2.05, 4.69) is 0 Å². The largest absolute Gasteiger partial charge is 0.496 e. The lowest BCUT2D eigenvalue weighted by Gasteiger charge is -2.26. The van der Waals surface area contributed by atoms with Crippen LogP contribution >= 0.6 is 0 Å². The van der Waals surface area contributed by atoms with Crippen LogP contribution in [-0.4, -0.2) is 63.9 Å². The van der Waals surface area contributed by atoms with Crippen molar-refractivity contribution >= 4 is 25.8 Å². The molecule has 0 unspecified atom stereocenters. The number of sulfonamides is 1. The van der Waals surface area contributed by atoms with Gasteiger partial charge in [-0.25, -0.2) is 21.6 Å². The lowest BCUT2D eigenvalue weighted by atomic mass is 10.2. The fourth-order valence-electron chi connectivity index (χ4n) is 2.09. The van der Waals surface area contributed by atoms with Crippen LogP contribution in [0.25, 0.3) is 0 Å². The number of ether oxygens (including phenoxy) is 1. The van der Waals surface area contributed by atoms with Gasteiger partial charge in [-0.2, -0.15) is 4.31 Å². The van der Waals surface area contributed by atoms with Gasteiger partial charge in [0.05, 0.1) is 23.5 Å². The molecular formula is C12H15NO7S2. The van der Waals surface area contributed by atoms with Crippen molar-refractivity contribution < 1.29 is 31.5 Å². The van der Waals surface area contributed by atoms with Gasteiger partial charge in [0.25, 0.3) is 0 Å². The molecule has 0 aromatic heterocycles. The van der Waals surface area contributed by atoms with E-state index in [9.17, 15) is 21.6 Å². The predicted octanol–water partition coefficient (Wildman–Crippen LogP) is -0.187. The molecule has 22 heavy (non-hydrogen) atoms. The third kappa shape index (κ3) is 3.23. The van der Waals surface area contributed by atoms with Crippen LogP contribution in [0.4, 0.5) is 0 Å². The van der Waals surface area contributed by atoms with E-state index >= 15 is 0 Å². The Morgan fingerprint density at radius 3 is 2.36 bits per heavy atom. The molecule has 1 saturated heterocycles. The fourth-order valence-corrected chi connectivity index (χ4v) is 4.98. The average Bonchev–Trinajstić information content (AvgIpc) is 2.45. The monoisotopic (exact) mass is 349 g/mol. The molecule has 0 bridgehead atoms. The molecule has 0 radical (unpaired) electrons. The van der Waals surface area contributed by atoms with Gasteiger partial charge in [-0.05, 0) is 12.1 Å². The zero-order valence-electron chi connectivity index (χ0n) is 11.7. The highest BCUT2D eigenvalue weighted by molar-refractivity contribution is 7.92. The first-order chi connectivity index (χ1) is 10.2. The molecular weight excluding hydrogens is 334 g/mol. The maximum absolute atomic E-state index is 12.5. The first-order valence-electron chi connectivity index (χ1n) is 6.29. The van der Waals surface area contributed by atoms with Crippen LogP contribution in [0.5, 0.6) is 5.75 Å². The summed E-state index contributed by atoms with van der Waals surface area (Å²) in [5.74, 6) is -1.75. The molecule has 122 valence electrons. The summed E-state index contributed by atoms with van der Waals surface area (Å²) in [5, 5.41) is 8.99. The van der Waals surface area contributed by atoms with Crippen LogP contribution in [0.2, 0.25) is 0 Å². The highest BCUT2D eigenvalue weighted by Gasteiger charge is 2.31. The quantitative estimate of drug-likeness (QED) is 0.800. The molecule has 10 heteroatoms. The van der Waals surface area contributed by atoms with Gasteiger partial charge in [-0.1, -0.05) is 0 Å². The summed E-state index contributed by atoms with van der Waals surface area (Å²) in [6.07, 6.45) is 0. The number of sulfone groups is 1. The van der Waals surface area contributed by atoms with E-state index in [1.54, 1.807) is 0 Å². The number of carbonyl (C=O) groups is 1. The minimum atomic E-state index is -3.89. The number of hydrogen-bond acceptors (Lipinski definition) is 6. The first kappa shape index (κ1) is 16.7. The summed E-state index contributed by atoms with van der Waals surface area (Å²) in [7, 11) is -5.85. The topological polar surface area (TPSA) is 118 Å². The third-order valence-electron chi connectivity index (χ3n) is 3.34. The van der Waals surface area contributed by atoms with Crippen LogP contribution in [0.15, 0.2) is 23.1 Å². The van der Waals surface area contributed by atoms with Crippen LogP contribution in [0.1, 0.15) is 10.4 Å². The van der Waals surface area contributed by atoms with Crippen molar-refractivity contribution in [2.45, 2.75) is 4.90 Å². The summed E-state index contributed by atoms with van der Waals surface area (Å²) < 4.78 is 53.7. The molecule has 0 amide bonds. The van der Waals surface area contributed by atoms with Gasteiger partial charge >= 0.3 is 5.97 Å². The average molecular weight is 349 g/mol. The molecule has 1 heterocycles. The first-order valence-corrected chi connectivity index (χ1v) is 9.55. The van der Waals surface area contributed by atoms with Gasteiger partial charge in [0.15, 0.2) is 9.84 Å². The normalized spacial score (nSPS) is 18.8. The molecule has 1 aromatic rings. The van der Waals surface area contributed by atoms with Crippen molar-refractivity contribution in [3.8, 4) is 5.75 Å². The van der Waals surface area contributed by atoms with E-state index in [1.165, 1.54) is 13.2 Å². The molecule has 1 aliphatic rings. The van der Waals surface area contributed by atoms with E-state index in [4.69, 9.17) is 9.84 Å². The molecule has 1 N–H and O–H groups in total. The molecule has 0 atom stereocenters. The molecule has 1 aliphatic heterocycles. The molecule has 1 fully saturated rings. The predicted molar refractivity (Wildman–Crippen MR) is 77.4 cm³/mol. The SMILES string of the molecule is COc1cc(S(=O)(=O)N2CCS(=O)(=O)CC2)ccc1C(=O)O. The second kappa shape index (κ2) is 5.86. The molecule has 1 aromatic carbocycles. The Morgan fingerprint density at radius 2 is 1.86 bits per heavy atom. The molecule has 2 rings (SSSR count). The highest BCUT2D eigenvalue weighted by Crippen LogP contribution is 2.26.